The number of hydrazone groups is 1. The number of nitrogens with one attached hydrogen (secondary N) is 1. The number of nitriles is 2. The van der Waals surface area contributed by atoms with Crippen molar-refractivity contribution >= 4 is 11.4 Å². The van der Waals surface area contributed by atoms with Gasteiger partial charge in [-0.15, -0.1) is 0 Å². The van der Waals surface area contributed by atoms with Crippen LogP contribution in [-0.2, 0) is 6.18 Å². The van der Waals surface area contributed by atoms with Crippen molar-refractivity contribution in [2.75, 3.05) is 5.43 Å². The minimum atomic E-state index is -5.26. The van der Waals surface area contributed by atoms with E-state index in [1.165, 1.54) is 12.1 Å². The molecule has 20 heavy (non-hydrogen) atoms. The molecule has 1 aromatic carbocycles. The lowest BCUT2D eigenvalue weighted by Crippen LogP contribution is -2.12. The summed E-state index contributed by atoms with van der Waals surface area (Å²) in [5, 5.41) is 19.5. The van der Waals surface area contributed by atoms with Crippen LogP contribution in [0.3, 0.4) is 0 Å². The molecule has 10 heteroatoms. The fourth-order valence-electron chi connectivity index (χ4n) is 1.08. The van der Waals surface area contributed by atoms with E-state index >= 15 is 0 Å². The number of benzene rings is 1. The molecule has 0 amide bonds. The number of anilines is 1. The third-order valence-electron chi connectivity index (χ3n) is 1.95. The Labute approximate surface area is 107 Å². The molecule has 1 aromatic rings. The van der Waals surface area contributed by atoms with E-state index < -0.39 is 40.6 Å². The number of alkyl halides is 3. The summed E-state index contributed by atoms with van der Waals surface area (Å²) in [6.07, 6.45) is -5.26. The summed E-state index contributed by atoms with van der Waals surface area (Å²) in [6, 6.07) is 2.39. The Balaban J connectivity index is 3.37. The predicted octanol–water partition coefficient (Wildman–Crippen LogP) is 2.94. The van der Waals surface area contributed by atoms with Crippen LogP contribution in [0.15, 0.2) is 11.2 Å². The normalized spacial score (nSPS) is 10.4. The molecule has 4 nitrogen and oxygen atoms in total. The molecule has 0 atom stereocenters. The van der Waals surface area contributed by atoms with E-state index in [9.17, 15) is 26.3 Å². The molecule has 0 heterocycles. The monoisotopic (exact) mass is 292 g/mol. The SMILES string of the molecule is N#CC(C#N)=NNc1cc(C(F)(F)F)c(F)c(F)c1F. The second-order valence-corrected chi connectivity index (χ2v) is 3.21. The first-order chi connectivity index (χ1) is 9.22. The molecule has 1 N–H and O–H groups in total. The molecule has 0 saturated heterocycles. The van der Waals surface area contributed by atoms with Gasteiger partial charge < -0.3 is 0 Å². The lowest BCUT2D eigenvalue weighted by Gasteiger charge is -2.11. The lowest BCUT2D eigenvalue weighted by molar-refractivity contribution is -0.140. The molecule has 104 valence electrons. The van der Waals surface area contributed by atoms with Gasteiger partial charge in [-0.05, 0) is 6.07 Å². The molecule has 0 radical (unpaired) electrons. The van der Waals surface area contributed by atoms with Gasteiger partial charge in [-0.2, -0.15) is 28.8 Å². The fourth-order valence-corrected chi connectivity index (χ4v) is 1.08. The average Bonchev–Trinajstić information content (AvgIpc) is 2.38. The number of halogens is 6. The summed E-state index contributed by atoms with van der Waals surface area (Å²) >= 11 is 0. The molecule has 0 bridgehead atoms. The summed E-state index contributed by atoms with van der Waals surface area (Å²) in [5.41, 5.74) is -2.51. The van der Waals surface area contributed by atoms with Gasteiger partial charge in [0.25, 0.3) is 0 Å². The van der Waals surface area contributed by atoms with Crippen molar-refractivity contribution in [3.63, 3.8) is 0 Å². The minimum absolute atomic E-state index is 0.0659. The number of rotatable bonds is 2. The van der Waals surface area contributed by atoms with E-state index in [1.54, 1.807) is 5.43 Å². The van der Waals surface area contributed by atoms with Crippen LogP contribution in [0.25, 0.3) is 0 Å². The van der Waals surface area contributed by atoms with Crippen LogP contribution in [0, 0.1) is 40.1 Å². The van der Waals surface area contributed by atoms with Crippen molar-refractivity contribution in [3.8, 4) is 12.1 Å². The summed E-state index contributed by atoms with van der Waals surface area (Å²) in [4.78, 5) is 0. The van der Waals surface area contributed by atoms with Crippen molar-refractivity contribution < 1.29 is 26.3 Å². The molecule has 0 aliphatic rings. The van der Waals surface area contributed by atoms with Crippen LogP contribution in [0.2, 0.25) is 0 Å². The van der Waals surface area contributed by atoms with Crippen molar-refractivity contribution in [3.05, 3.63) is 29.1 Å². The van der Waals surface area contributed by atoms with Crippen molar-refractivity contribution in [1.82, 2.24) is 0 Å². The van der Waals surface area contributed by atoms with Crippen molar-refractivity contribution in [1.29, 1.82) is 10.5 Å². The van der Waals surface area contributed by atoms with Gasteiger partial charge >= 0.3 is 6.18 Å². The molecule has 0 saturated carbocycles. The smallest absolute Gasteiger partial charge is 0.273 e. The van der Waals surface area contributed by atoms with Crippen LogP contribution < -0.4 is 5.43 Å². The highest BCUT2D eigenvalue weighted by atomic mass is 19.4. The summed E-state index contributed by atoms with van der Waals surface area (Å²) in [5.74, 6) is -6.72. The fraction of sp³-hybridized carbons (Fsp3) is 0.100. The zero-order chi connectivity index (χ0) is 15.5. The zero-order valence-electron chi connectivity index (χ0n) is 9.19. The van der Waals surface area contributed by atoms with Gasteiger partial charge in [0.15, 0.2) is 17.5 Å². The Morgan fingerprint density at radius 2 is 1.60 bits per heavy atom. The Hall–Kier alpha value is -2.75. The first kappa shape index (κ1) is 15.3. The molecular weight excluding hydrogens is 290 g/mol. The van der Waals surface area contributed by atoms with Gasteiger partial charge in [-0.25, -0.2) is 13.2 Å². The number of hydrogen-bond donors (Lipinski definition) is 1. The molecule has 0 aromatic heterocycles. The van der Waals surface area contributed by atoms with Crippen molar-refractivity contribution in [2.45, 2.75) is 6.18 Å². The molecule has 0 fully saturated rings. The molecule has 0 aliphatic carbocycles. The second-order valence-electron chi connectivity index (χ2n) is 3.21. The third kappa shape index (κ3) is 2.98. The van der Waals surface area contributed by atoms with Crippen LogP contribution in [-0.4, -0.2) is 5.71 Å². The molecule has 0 aliphatic heterocycles. The van der Waals surface area contributed by atoms with E-state index in [4.69, 9.17) is 10.5 Å². The van der Waals surface area contributed by atoms with Crippen LogP contribution in [0.5, 0.6) is 0 Å². The third-order valence-corrected chi connectivity index (χ3v) is 1.95. The van der Waals surface area contributed by atoms with E-state index in [-0.39, 0.29) is 6.07 Å². The maximum absolute atomic E-state index is 13.2. The first-order valence-corrected chi connectivity index (χ1v) is 4.61. The number of nitrogens with zero attached hydrogens (tertiary/aromatic N) is 3. The van der Waals surface area contributed by atoms with Crippen LogP contribution >= 0.6 is 0 Å². The Morgan fingerprint density at radius 3 is 2.05 bits per heavy atom. The summed E-state index contributed by atoms with van der Waals surface area (Å²) in [6.45, 7) is 0. The quantitative estimate of drug-likeness (QED) is 0.394. The van der Waals surface area contributed by atoms with Crippen LogP contribution in [0.1, 0.15) is 5.56 Å². The second kappa shape index (κ2) is 5.48. The first-order valence-electron chi connectivity index (χ1n) is 4.61. The predicted molar refractivity (Wildman–Crippen MR) is 53.6 cm³/mol. The van der Waals surface area contributed by atoms with Gasteiger partial charge in [0.1, 0.15) is 12.1 Å². The van der Waals surface area contributed by atoms with Gasteiger partial charge in [-0.1, -0.05) is 0 Å². The minimum Gasteiger partial charge on any atom is -0.273 e. The van der Waals surface area contributed by atoms with E-state index in [0.29, 0.717) is 0 Å². The zero-order valence-corrected chi connectivity index (χ0v) is 9.19. The Kier molecular flexibility index (Phi) is 4.20. The molecule has 0 unspecified atom stereocenters. The highest BCUT2D eigenvalue weighted by Crippen LogP contribution is 2.35. The summed E-state index contributed by atoms with van der Waals surface area (Å²) in [7, 11) is 0. The van der Waals surface area contributed by atoms with E-state index in [2.05, 4.69) is 5.10 Å². The van der Waals surface area contributed by atoms with Crippen molar-refractivity contribution in [2.24, 2.45) is 5.10 Å². The average molecular weight is 292 g/mol. The standard InChI is InChI=1S/C10H2F6N4/c11-7-5(10(14,15)16)1-6(8(12)9(7)13)20-19-4(2-17)3-18/h1,20H. The van der Waals surface area contributed by atoms with Crippen LogP contribution in [0.4, 0.5) is 32.0 Å². The number of hydrogen-bond acceptors (Lipinski definition) is 4. The van der Waals surface area contributed by atoms with E-state index in [0.717, 1.165) is 0 Å². The maximum atomic E-state index is 13.2. The maximum Gasteiger partial charge on any atom is 0.419 e. The Morgan fingerprint density at radius 1 is 1.05 bits per heavy atom. The van der Waals surface area contributed by atoms with Gasteiger partial charge in [0, 0.05) is 0 Å². The molecular formula is C10H2F6N4. The molecule has 0 spiro atoms. The summed E-state index contributed by atoms with van der Waals surface area (Å²) < 4.78 is 76.3. The van der Waals surface area contributed by atoms with Gasteiger partial charge in [-0.3, -0.25) is 5.43 Å². The van der Waals surface area contributed by atoms with E-state index in [1.807, 2.05) is 0 Å². The largest absolute Gasteiger partial charge is 0.419 e. The molecule has 1 rings (SSSR count). The van der Waals surface area contributed by atoms with Gasteiger partial charge in [0.05, 0.1) is 11.3 Å². The highest BCUT2D eigenvalue weighted by Gasteiger charge is 2.37. The van der Waals surface area contributed by atoms with Gasteiger partial charge in [0.2, 0.25) is 5.71 Å². The highest BCUT2D eigenvalue weighted by molar-refractivity contribution is 6.10. The topological polar surface area (TPSA) is 72.0 Å². The Bertz CT molecular complexity index is 634. The lowest BCUT2D eigenvalue weighted by atomic mass is 10.1.